The highest BCUT2D eigenvalue weighted by atomic mass is 35.5. The van der Waals surface area contributed by atoms with Crippen molar-refractivity contribution in [2.75, 3.05) is 0 Å². The fourth-order valence-electron chi connectivity index (χ4n) is 2.49. The molecule has 0 aliphatic carbocycles. The Labute approximate surface area is 124 Å². The van der Waals surface area contributed by atoms with Crippen molar-refractivity contribution in [1.82, 2.24) is 9.55 Å². The number of halogens is 1. The number of unbranched alkanes of at least 4 members (excludes halogenated alkanes) is 1. The molecular formula is C15H21ClN2S. The van der Waals surface area contributed by atoms with Crippen LogP contribution in [0.3, 0.4) is 0 Å². The molecule has 0 fully saturated rings. The molecule has 2 nitrogen and oxygen atoms in total. The van der Waals surface area contributed by atoms with Crippen molar-refractivity contribution in [1.29, 1.82) is 0 Å². The van der Waals surface area contributed by atoms with Crippen molar-refractivity contribution in [2.24, 2.45) is 5.92 Å². The van der Waals surface area contributed by atoms with Crippen molar-refractivity contribution in [2.45, 2.75) is 46.1 Å². The zero-order chi connectivity index (χ0) is 13.8. The van der Waals surface area contributed by atoms with Gasteiger partial charge in [-0.05, 0) is 42.8 Å². The first-order chi connectivity index (χ1) is 9.15. The van der Waals surface area contributed by atoms with Gasteiger partial charge in [0.15, 0.2) is 4.77 Å². The van der Waals surface area contributed by atoms with Crippen molar-refractivity contribution in [3.8, 4) is 0 Å². The highest BCUT2D eigenvalue weighted by Gasteiger charge is 2.11. The monoisotopic (exact) mass is 296 g/mol. The number of benzene rings is 1. The second kappa shape index (κ2) is 6.58. The highest BCUT2D eigenvalue weighted by Crippen LogP contribution is 2.22. The predicted molar refractivity (Wildman–Crippen MR) is 85.4 cm³/mol. The fraction of sp³-hybridized carbons (Fsp3) is 0.533. The number of hydrogen-bond donors (Lipinski definition) is 1. The van der Waals surface area contributed by atoms with E-state index in [4.69, 9.17) is 23.8 Å². The Balaban J connectivity index is 2.28. The summed E-state index contributed by atoms with van der Waals surface area (Å²) in [5, 5.41) is 0.744. The van der Waals surface area contributed by atoms with E-state index in [9.17, 15) is 0 Å². The Bertz CT molecular complexity index is 600. The third kappa shape index (κ3) is 3.40. The van der Waals surface area contributed by atoms with Gasteiger partial charge < -0.3 is 9.55 Å². The Morgan fingerprint density at radius 3 is 2.84 bits per heavy atom. The summed E-state index contributed by atoms with van der Waals surface area (Å²) in [5.74, 6) is 0.696. The molecule has 4 heteroatoms. The van der Waals surface area contributed by atoms with Crippen LogP contribution in [0.4, 0.5) is 0 Å². The molecule has 0 spiro atoms. The normalized spacial score (nSPS) is 13.0. The fourth-order valence-corrected chi connectivity index (χ4v) is 2.95. The molecule has 2 rings (SSSR count). The number of imidazole rings is 1. The van der Waals surface area contributed by atoms with Crippen LogP contribution in [0.2, 0.25) is 5.02 Å². The molecule has 0 aliphatic rings. The molecule has 1 N–H and O–H groups in total. The van der Waals surface area contributed by atoms with Gasteiger partial charge in [0.1, 0.15) is 0 Å². The number of fused-ring (bicyclic) bond motifs is 1. The van der Waals surface area contributed by atoms with Gasteiger partial charge >= 0.3 is 0 Å². The van der Waals surface area contributed by atoms with E-state index in [2.05, 4.69) is 29.5 Å². The maximum absolute atomic E-state index is 6.02. The molecule has 104 valence electrons. The van der Waals surface area contributed by atoms with Crippen LogP contribution in [-0.2, 0) is 6.54 Å². The molecule has 1 heterocycles. The van der Waals surface area contributed by atoms with E-state index in [0.29, 0.717) is 5.92 Å². The Morgan fingerprint density at radius 2 is 2.16 bits per heavy atom. The van der Waals surface area contributed by atoms with Gasteiger partial charge in [-0.3, -0.25) is 0 Å². The van der Waals surface area contributed by atoms with Crippen LogP contribution in [0.5, 0.6) is 0 Å². The zero-order valence-corrected chi connectivity index (χ0v) is 13.2. The van der Waals surface area contributed by atoms with E-state index in [0.717, 1.165) is 27.4 Å². The average molecular weight is 297 g/mol. The number of aromatic amines is 1. The summed E-state index contributed by atoms with van der Waals surface area (Å²) in [6, 6.07) is 5.92. The zero-order valence-electron chi connectivity index (χ0n) is 11.6. The van der Waals surface area contributed by atoms with Gasteiger partial charge in [0.25, 0.3) is 0 Å². The average Bonchev–Trinajstić information content (AvgIpc) is 2.69. The van der Waals surface area contributed by atoms with Crippen molar-refractivity contribution < 1.29 is 0 Å². The van der Waals surface area contributed by atoms with Gasteiger partial charge in [0.2, 0.25) is 0 Å². The lowest BCUT2D eigenvalue weighted by Crippen LogP contribution is -2.10. The van der Waals surface area contributed by atoms with Gasteiger partial charge in [0, 0.05) is 11.6 Å². The number of aromatic nitrogens is 2. The maximum atomic E-state index is 6.02. The third-order valence-electron chi connectivity index (χ3n) is 3.72. The minimum Gasteiger partial charge on any atom is -0.331 e. The predicted octanol–water partition coefficient (Wildman–Crippen LogP) is 5.57. The molecular weight excluding hydrogens is 276 g/mol. The van der Waals surface area contributed by atoms with Crippen LogP contribution in [-0.4, -0.2) is 9.55 Å². The van der Waals surface area contributed by atoms with E-state index in [1.807, 2.05) is 12.1 Å². The Hall–Kier alpha value is -0.800. The van der Waals surface area contributed by atoms with Gasteiger partial charge in [-0.25, -0.2) is 0 Å². The van der Waals surface area contributed by atoms with E-state index in [1.165, 1.54) is 25.7 Å². The molecule has 1 aromatic heterocycles. The lowest BCUT2D eigenvalue weighted by molar-refractivity contribution is 0.393. The number of nitrogens with zero attached hydrogens (tertiary/aromatic N) is 1. The van der Waals surface area contributed by atoms with Crippen LogP contribution in [0.25, 0.3) is 11.0 Å². The van der Waals surface area contributed by atoms with Crippen LogP contribution < -0.4 is 0 Å². The largest absolute Gasteiger partial charge is 0.331 e. The van der Waals surface area contributed by atoms with Crippen LogP contribution >= 0.6 is 23.8 Å². The molecule has 1 aromatic carbocycles. The van der Waals surface area contributed by atoms with Gasteiger partial charge in [-0.1, -0.05) is 44.7 Å². The minimum atomic E-state index is 0.696. The summed E-state index contributed by atoms with van der Waals surface area (Å²) >= 11 is 11.5. The van der Waals surface area contributed by atoms with Gasteiger partial charge in [-0.15, -0.1) is 0 Å². The standard InChI is InChI=1S/C15H21ClN2S/c1-3-5-6-11(4-2)10-18-14-8-7-12(16)9-13(14)17-15(18)19/h7-9,11H,3-6,10H2,1-2H3,(H,17,19). The molecule has 0 amide bonds. The third-order valence-corrected chi connectivity index (χ3v) is 4.28. The summed E-state index contributed by atoms with van der Waals surface area (Å²) < 4.78 is 3.01. The first-order valence-corrected chi connectivity index (χ1v) is 7.82. The second-order valence-corrected chi connectivity index (χ2v) is 5.94. The highest BCUT2D eigenvalue weighted by molar-refractivity contribution is 7.71. The van der Waals surface area contributed by atoms with Crippen molar-refractivity contribution in [3.63, 3.8) is 0 Å². The molecule has 0 saturated heterocycles. The minimum absolute atomic E-state index is 0.696. The lowest BCUT2D eigenvalue weighted by atomic mass is 9.99. The summed E-state index contributed by atoms with van der Waals surface area (Å²) in [7, 11) is 0. The molecule has 2 aromatic rings. The van der Waals surface area contributed by atoms with Gasteiger partial charge in [-0.2, -0.15) is 0 Å². The van der Waals surface area contributed by atoms with E-state index in [-0.39, 0.29) is 0 Å². The summed E-state index contributed by atoms with van der Waals surface area (Å²) in [6.07, 6.45) is 5.02. The molecule has 0 aliphatic heterocycles. The van der Waals surface area contributed by atoms with Crippen molar-refractivity contribution >= 4 is 34.9 Å². The number of H-pyrrole nitrogens is 1. The first-order valence-electron chi connectivity index (χ1n) is 7.03. The SMILES string of the molecule is CCCCC(CC)Cn1c(=S)[nH]c2cc(Cl)ccc21. The van der Waals surface area contributed by atoms with Crippen LogP contribution in [0.15, 0.2) is 18.2 Å². The van der Waals surface area contributed by atoms with E-state index >= 15 is 0 Å². The van der Waals surface area contributed by atoms with Crippen molar-refractivity contribution in [3.05, 3.63) is 28.0 Å². The summed E-state index contributed by atoms with van der Waals surface area (Å²) in [4.78, 5) is 3.25. The quantitative estimate of drug-likeness (QED) is 0.691. The van der Waals surface area contributed by atoms with Crippen LogP contribution in [0, 0.1) is 10.7 Å². The summed E-state index contributed by atoms with van der Waals surface area (Å²) in [6.45, 7) is 5.50. The lowest BCUT2D eigenvalue weighted by Gasteiger charge is -2.15. The molecule has 0 radical (unpaired) electrons. The number of rotatable bonds is 6. The second-order valence-electron chi connectivity index (χ2n) is 5.12. The molecule has 0 bridgehead atoms. The topological polar surface area (TPSA) is 20.7 Å². The number of nitrogens with one attached hydrogen (secondary N) is 1. The Kier molecular flexibility index (Phi) is 5.06. The Morgan fingerprint density at radius 1 is 1.37 bits per heavy atom. The van der Waals surface area contributed by atoms with Gasteiger partial charge in [0.05, 0.1) is 11.0 Å². The van der Waals surface area contributed by atoms with E-state index in [1.54, 1.807) is 0 Å². The summed E-state index contributed by atoms with van der Waals surface area (Å²) in [5.41, 5.74) is 2.19. The van der Waals surface area contributed by atoms with Crippen LogP contribution in [0.1, 0.15) is 39.5 Å². The molecule has 19 heavy (non-hydrogen) atoms. The molecule has 1 unspecified atom stereocenters. The van der Waals surface area contributed by atoms with E-state index < -0.39 is 0 Å². The molecule has 0 saturated carbocycles. The maximum Gasteiger partial charge on any atom is 0.178 e. The number of hydrogen-bond acceptors (Lipinski definition) is 1. The molecule has 1 atom stereocenters. The first kappa shape index (κ1) is 14.6. The smallest absolute Gasteiger partial charge is 0.178 e.